The molecular formula is C28H36F2IN5O2. The molecule has 0 bridgehead atoms. The van der Waals surface area contributed by atoms with Gasteiger partial charge in [0.05, 0.1) is 0 Å². The van der Waals surface area contributed by atoms with Gasteiger partial charge in [0, 0.05) is 0 Å². The number of rotatable bonds is 8. The third-order valence-electron chi connectivity index (χ3n) is 7.05. The van der Waals surface area contributed by atoms with Gasteiger partial charge in [0.15, 0.2) is 0 Å². The van der Waals surface area contributed by atoms with Gasteiger partial charge in [0.1, 0.15) is 0 Å². The van der Waals surface area contributed by atoms with Crippen molar-refractivity contribution < 1.29 is 18.6 Å². The average Bonchev–Trinajstić information content (AvgIpc) is 3.37. The second kappa shape index (κ2) is 11.6. The van der Waals surface area contributed by atoms with Gasteiger partial charge >= 0.3 is 230 Å². The van der Waals surface area contributed by atoms with Crippen molar-refractivity contribution in [3.8, 4) is 0 Å². The first-order valence-electron chi connectivity index (χ1n) is 13.1. The van der Waals surface area contributed by atoms with Gasteiger partial charge in [-0.3, -0.25) is 0 Å². The topological polar surface area (TPSA) is 83.4 Å². The SMILES string of the molecule is CC(c1nc2cnc(CC(C)(C)O)cc2nc1N[C@@H]1CCOC1)I1CCN(Cc2ccc(F)cc2F)CC1. The normalized spacial score (nSPS) is 20.7. The van der Waals surface area contributed by atoms with Gasteiger partial charge in [0.25, 0.3) is 0 Å². The monoisotopic (exact) mass is 639 g/mol. The van der Waals surface area contributed by atoms with Crippen LogP contribution in [0.15, 0.2) is 30.5 Å². The van der Waals surface area contributed by atoms with Crippen molar-refractivity contribution in [1.82, 2.24) is 19.9 Å². The maximum absolute atomic E-state index is 14.2. The fourth-order valence-corrected chi connectivity index (χ4v) is 11.2. The van der Waals surface area contributed by atoms with Crippen molar-refractivity contribution in [1.29, 1.82) is 0 Å². The molecule has 1 aromatic carbocycles. The van der Waals surface area contributed by atoms with Gasteiger partial charge in [-0.05, 0) is 0 Å². The Hall–Kier alpha value is -2.02. The summed E-state index contributed by atoms with van der Waals surface area (Å²) in [5.74, 6) is -0.188. The number of ether oxygens (including phenoxy) is 1. The van der Waals surface area contributed by atoms with Crippen LogP contribution in [0.2, 0.25) is 0 Å². The minimum absolute atomic E-state index is 0.210. The van der Waals surface area contributed by atoms with E-state index in [1.807, 2.05) is 6.07 Å². The molecule has 2 atom stereocenters. The van der Waals surface area contributed by atoms with Crippen LogP contribution < -0.4 is 5.32 Å². The molecule has 0 saturated carbocycles. The molecule has 38 heavy (non-hydrogen) atoms. The fraction of sp³-hybridized carbons (Fsp3) is 0.536. The second-order valence-electron chi connectivity index (χ2n) is 10.8. The zero-order chi connectivity index (χ0) is 26.9. The fourth-order valence-electron chi connectivity index (χ4n) is 4.97. The van der Waals surface area contributed by atoms with Crippen LogP contribution in [-0.4, -0.2) is 71.8 Å². The third-order valence-corrected chi connectivity index (χ3v) is 14.0. The van der Waals surface area contributed by atoms with Crippen LogP contribution in [0.5, 0.6) is 0 Å². The number of alkyl halides is 3. The van der Waals surface area contributed by atoms with E-state index in [1.165, 1.54) is 6.07 Å². The molecule has 2 aromatic heterocycles. The number of pyridine rings is 1. The van der Waals surface area contributed by atoms with Crippen molar-refractivity contribution in [3.05, 3.63) is 59.0 Å². The predicted molar refractivity (Wildman–Crippen MR) is 154 cm³/mol. The quantitative estimate of drug-likeness (QED) is 0.268. The van der Waals surface area contributed by atoms with E-state index in [0.29, 0.717) is 29.1 Å². The van der Waals surface area contributed by atoms with E-state index in [0.717, 1.165) is 69.3 Å². The van der Waals surface area contributed by atoms with Gasteiger partial charge in [-0.1, -0.05) is 0 Å². The number of fused-ring (bicyclic) bond motifs is 1. The summed E-state index contributed by atoms with van der Waals surface area (Å²) in [7, 11) is 0. The number of nitrogens with zero attached hydrogens (tertiary/aromatic N) is 4. The molecule has 206 valence electrons. The summed E-state index contributed by atoms with van der Waals surface area (Å²) in [6.45, 7) is 9.56. The molecule has 10 heteroatoms. The van der Waals surface area contributed by atoms with E-state index >= 15 is 0 Å². The van der Waals surface area contributed by atoms with E-state index in [2.05, 4.69) is 22.1 Å². The summed E-state index contributed by atoms with van der Waals surface area (Å²) >= 11 is -1.44. The molecule has 2 saturated heterocycles. The molecule has 2 aliphatic rings. The number of halogens is 3. The van der Waals surface area contributed by atoms with Crippen molar-refractivity contribution in [2.45, 2.75) is 55.7 Å². The predicted octanol–water partition coefficient (Wildman–Crippen LogP) is 4.90. The Balaban J connectivity index is 1.34. The number of anilines is 1. The first-order valence-corrected chi connectivity index (χ1v) is 17.4. The van der Waals surface area contributed by atoms with Gasteiger partial charge < -0.3 is 0 Å². The number of nitrogens with one attached hydrogen (secondary N) is 1. The standard InChI is InChI=1S/C28H36F2IN5O2/c1-18(31-7-9-36(10-8-31)16-19-4-5-20(29)12-23(19)30)26-27(33-21-6-11-38-17-21)35-24-13-22(14-28(2,3)37)32-15-25(24)34-26/h4-5,12-13,15,18,21,37H,6-11,14,16-17H2,1-3H3,(H,33,35)/t18?,21-/m1/s1. The van der Waals surface area contributed by atoms with Gasteiger partial charge in [-0.15, -0.1) is 0 Å². The minimum atomic E-state index is -1.44. The van der Waals surface area contributed by atoms with Gasteiger partial charge in [-0.2, -0.15) is 0 Å². The summed E-state index contributed by atoms with van der Waals surface area (Å²) < 4.78 is 35.6. The Kier molecular flexibility index (Phi) is 8.42. The Morgan fingerprint density at radius 2 is 1.97 bits per heavy atom. The zero-order valence-electron chi connectivity index (χ0n) is 22.2. The van der Waals surface area contributed by atoms with Crippen LogP contribution in [0.25, 0.3) is 11.0 Å². The molecule has 2 aliphatic heterocycles. The molecule has 2 N–H and O–H groups in total. The summed E-state index contributed by atoms with van der Waals surface area (Å²) in [6.07, 6.45) is 3.15. The maximum atomic E-state index is 14.2. The molecule has 5 rings (SSSR count). The molecule has 0 amide bonds. The van der Waals surface area contributed by atoms with Crippen molar-refractivity contribution >= 4 is 36.7 Å². The third kappa shape index (κ3) is 6.75. The summed E-state index contributed by atoms with van der Waals surface area (Å²) in [6, 6.07) is 5.98. The van der Waals surface area contributed by atoms with Gasteiger partial charge in [0.2, 0.25) is 0 Å². The Morgan fingerprint density at radius 3 is 2.66 bits per heavy atom. The van der Waals surface area contributed by atoms with Gasteiger partial charge in [-0.25, -0.2) is 0 Å². The van der Waals surface area contributed by atoms with Crippen molar-refractivity contribution in [3.63, 3.8) is 0 Å². The molecule has 0 radical (unpaired) electrons. The molecule has 0 spiro atoms. The van der Waals surface area contributed by atoms with E-state index in [9.17, 15) is 13.9 Å². The number of aliphatic hydroxyl groups is 1. The average molecular weight is 640 g/mol. The molecule has 0 aliphatic carbocycles. The van der Waals surface area contributed by atoms with E-state index < -0.39 is 37.1 Å². The van der Waals surface area contributed by atoms with Crippen molar-refractivity contribution in [2.75, 3.05) is 40.5 Å². The van der Waals surface area contributed by atoms with E-state index in [4.69, 9.17) is 14.7 Å². The Labute approximate surface area is 229 Å². The molecule has 4 heterocycles. The van der Waals surface area contributed by atoms with Crippen molar-refractivity contribution in [2.24, 2.45) is 0 Å². The zero-order valence-corrected chi connectivity index (χ0v) is 24.3. The number of hydrogen-bond donors (Lipinski definition) is 2. The molecule has 1 unspecified atom stereocenters. The van der Waals surface area contributed by atoms with Crippen LogP contribution in [0.1, 0.15) is 48.1 Å². The molecule has 7 nitrogen and oxygen atoms in total. The first-order chi connectivity index (χ1) is 18.1. The van der Waals surface area contributed by atoms with Crippen LogP contribution in [0.4, 0.5) is 14.6 Å². The Morgan fingerprint density at radius 1 is 1.18 bits per heavy atom. The summed E-state index contributed by atoms with van der Waals surface area (Å²) in [5.41, 5.74) is 3.02. The molecule has 3 aromatic rings. The number of benzene rings is 1. The van der Waals surface area contributed by atoms with Crippen LogP contribution in [0.3, 0.4) is 0 Å². The Bertz CT molecular complexity index is 1270. The first kappa shape index (κ1) is 27.5. The van der Waals surface area contributed by atoms with Crippen LogP contribution >= 0.6 is 19.8 Å². The van der Waals surface area contributed by atoms with Crippen LogP contribution in [-0.2, 0) is 17.7 Å². The van der Waals surface area contributed by atoms with E-state index in [1.54, 1.807) is 26.1 Å². The number of aromatic nitrogens is 3. The summed E-state index contributed by atoms with van der Waals surface area (Å²) in [4.78, 5) is 16.9. The number of hydrogen-bond acceptors (Lipinski definition) is 7. The second-order valence-corrected chi connectivity index (χ2v) is 17.7. The van der Waals surface area contributed by atoms with E-state index in [-0.39, 0.29) is 6.04 Å². The van der Waals surface area contributed by atoms with Crippen LogP contribution in [0, 0.1) is 11.6 Å². The molecule has 2 fully saturated rings. The summed E-state index contributed by atoms with van der Waals surface area (Å²) in [5, 5.41) is 13.9. The molecular weight excluding hydrogens is 603 g/mol.